The second-order valence-corrected chi connectivity index (χ2v) is 11.3. The van der Waals surface area contributed by atoms with Crippen molar-refractivity contribution in [2.24, 2.45) is 5.73 Å². The van der Waals surface area contributed by atoms with E-state index in [-0.39, 0.29) is 11.4 Å². The molecule has 0 aliphatic heterocycles. The van der Waals surface area contributed by atoms with Crippen LogP contribution >= 0.6 is 0 Å². The van der Waals surface area contributed by atoms with Crippen molar-refractivity contribution in [1.82, 2.24) is 14.9 Å². The van der Waals surface area contributed by atoms with E-state index in [4.69, 9.17) is 10.5 Å². The molecule has 7 heteroatoms. The number of carbonyl (C=O) groups excluding carboxylic acids is 1. The molecule has 1 amide bonds. The molecule has 4 aromatic rings. The predicted octanol–water partition coefficient (Wildman–Crippen LogP) is 5.34. The zero-order chi connectivity index (χ0) is 29.6. The fraction of sp³-hybridized carbons (Fsp3) is 0.353. The molecule has 2 aromatic heterocycles. The van der Waals surface area contributed by atoms with E-state index in [0.717, 1.165) is 45.2 Å². The first-order valence-corrected chi connectivity index (χ1v) is 14.2. The number of amides is 1. The molecular weight excluding hydrogens is 512 g/mol. The van der Waals surface area contributed by atoms with Crippen LogP contribution in [0.2, 0.25) is 0 Å². The van der Waals surface area contributed by atoms with Crippen LogP contribution < -0.4 is 15.8 Å². The number of ether oxygens (including phenoxy) is 1. The average Bonchev–Trinajstić information content (AvgIpc) is 3.28. The van der Waals surface area contributed by atoms with Crippen molar-refractivity contribution in [3.63, 3.8) is 0 Å². The summed E-state index contributed by atoms with van der Waals surface area (Å²) in [6, 6.07) is 23.8. The highest BCUT2D eigenvalue weighted by molar-refractivity contribution is 5.82. The molecule has 2 atom stereocenters. The maximum Gasteiger partial charge on any atom is 0.225 e. The van der Waals surface area contributed by atoms with Crippen LogP contribution in [0, 0.1) is 13.8 Å². The van der Waals surface area contributed by atoms with E-state index in [2.05, 4.69) is 66.8 Å². The van der Waals surface area contributed by atoms with E-state index in [1.54, 1.807) is 6.20 Å². The largest absolute Gasteiger partial charge is 0.494 e. The smallest absolute Gasteiger partial charge is 0.225 e. The zero-order valence-electron chi connectivity index (χ0n) is 24.7. The van der Waals surface area contributed by atoms with Gasteiger partial charge in [-0.1, -0.05) is 48.5 Å². The number of β-amino-alcohol motifs (C(OH)–C–C–N with tert-alkyl or cyclic N) is 1. The Morgan fingerprint density at radius 1 is 1.02 bits per heavy atom. The molecule has 0 fully saturated rings. The SMILES string of the molecule is CCOc1ccccc1CC(C(N)=O)c1cccc(CC(C)(C)NC[C@H](O)c2ccc(-n3c(C)ccc3C)nc2)c1. The number of rotatable bonds is 13. The van der Waals surface area contributed by atoms with Gasteiger partial charge in [0.1, 0.15) is 11.6 Å². The number of aliphatic hydroxyl groups is 1. The maximum atomic E-state index is 12.5. The minimum atomic E-state index is -0.696. The number of aryl methyl sites for hydroxylation is 2. The van der Waals surface area contributed by atoms with Gasteiger partial charge in [-0.05, 0) is 88.4 Å². The van der Waals surface area contributed by atoms with Crippen molar-refractivity contribution in [2.45, 2.75) is 65.0 Å². The van der Waals surface area contributed by atoms with Crippen LogP contribution in [-0.4, -0.2) is 39.3 Å². The minimum Gasteiger partial charge on any atom is -0.494 e. The summed E-state index contributed by atoms with van der Waals surface area (Å²) < 4.78 is 7.86. The molecule has 0 bridgehead atoms. The molecule has 4 rings (SSSR count). The van der Waals surface area contributed by atoms with E-state index in [0.29, 0.717) is 26.0 Å². The summed E-state index contributed by atoms with van der Waals surface area (Å²) >= 11 is 0. The van der Waals surface area contributed by atoms with Crippen LogP contribution in [-0.2, 0) is 17.6 Å². The number of pyridine rings is 1. The molecule has 0 saturated heterocycles. The number of primary amides is 1. The lowest BCUT2D eigenvalue weighted by molar-refractivity contribution is -0.119. The molecular formula is C34H42N4O3. The molecule has 216 valence electrons. The molecule has 0 aliphatic carbocycles. The summed E-state index contributed by atoms with van der Waals surface area (Å²) in [5, 5.41) is 14.4. The topological polar surface area (TPSA) is 102 Å². The van der Waals surface area contributed by atoms with E-state index in [1.165, 1.54) is 0 Å². The minimum absolute atomic E-state index is 0.309. The standard InChI is InChI=1S/C34H42N4O3/c1-6-41-31-13-8-7-11-27(31)19-29(33(35)40)26-12-9-10-25(18-26)20-34(4,5)37-22-30(39)28-16-17-32(36-21-28)38-23(2)14-15-24(38)3/h7-18,21,29-30,37,39H,6,19-20,22H2,1-5H3,(H2,35,40)/t29?,30-/m0/s1. The molecule has 0 spiro atoms. The van der Waals surface area contributed by atoms with Crippen molar-refractivity contribution in [3.8, 4) is 11.6 Å². The monoisotopic (exact) mass is 554 g/mol. The Morgan fingerprint density at radius 3 is 2.41 bits per heavy atom. The summed E-state index contributed by atoms with van der Waals surface area (Å²) in [5.74, 6) is 0.783. The third-order valence-corrected chi connectivity index (χ3v) is 7.47. The van der Waals surface area contributed by atoms with Crippen LogP contribution in [0.15, 0.2) is 79.0 Å². The quantitative estimate of drug-likeness (QED) is 0.207. The fourth-order valence-corrected chi connectivity index (χ4v) is 5.31. The number of hydrogen-bond acceptors (Lipinski definition) is 5. The van der Waals surface area contributed by atoms with E-state index in [1.807, 2.05) is 55.5 Å². The van der Waals surface area contributed by atoms with Crippen molar-refractivity contribution in [2.75, 3.05) is 13.2 Å². The number of aliphatic hydroxyl groups excluding tert-OH is 1. The first-order chi connectivity index (χ1) is 19.6. The summed E-state index contributed by atoms with van der Waals surface area (Å²) in [6.07, 6.45) is 2.22. The third kappa shape index (κ3) is 7.63. The van der Waals surface area contributed by atoms with Gasteiger partial charge in [0.05, 0.1) is 18.6 Å². The third-order valence-electron chi connectivity index (χ3n) is 7.47. The van der Waals surface area contributed by atoms with E-state index < -0.39 is 12.0 Å². The number of nitrogens with zero attached hydrogens (tertiary/aromatic N) is 2. The normalized spacial score (nSPS) is 13.1. The van der Waals surface area contributed by atoms with Gasteiger partial charge in [0.2, 0.25) is 5.91 Å². The maximum absolute atomic E-state index is 12.5. The Kier molecular flexibility index (Phi) is 9.63. The van der Waals surface area contributed by atoms with Crippen molar-refractivity contribution < 1.29 is 14.6 Å². The lowest BCUT2D eigenvalue weighted by atomic mass is 9.87. The highest BCUT2D eigenvalue weighted by Crippen LogP contribution is 2.28. The Balaban J connectivity index is 1.41. The number of para-hydroxylation sites is 1. The van der Waals surface area contributed by atoms with Crippen molar-refractivity contribution in [1.29, 1.82) is 0 Å². The van der Waals surface area contributed by atoms with Gasteiger partial charge in [-0.15, -0.1) is 0 Å². The molecule has 1 unspecified atom stereocenters. The highest BCUT2D eigenvalue weighted by Gasteiger charge is 2.23. The van der Waals surface area contributed by atoms with Gasteiger partial charge in [0.25, 0.3) is 0 Å². The Labute approximate surface area is 243 Å². The molecule has 2 aromatic carbocycles. The summed E-state index contributed by atoms with van der Waals surface area (Å²) in [5.41, 5.74) is 11.5. The van der Waals surface area contributed by atoms with Gasteiger partial charge >= 0.3 is 0 Å². The molecule has 7 nitrogen and oxygen atoms in total. The Morgan fingerprint density at radius 2 is 1.76 bits per heavy atom. The lowest BCUT2D eigenvalue weighted by Crippen LogP contribution is -2.43. The van der Waals surface area contributed by atoms with E-state index >= 15 is 0 Å². The fourth-order valence-electron chi connectivity index (χ4n) is 5.31. The van der Waals surface area contributed by atoms with Gasteiger partial charge in [0, 0.05) is 35.2 Å². The molecule has 0 radical (unpaired) electrons. The summed E-state index contributed by atoms with van der Waals surface area (Å²) in [6.45, 7) is 11.2. The second-order valence-electron chi connectivity index (χ2n) is 11.3. The van der Waals surface area contributed by atoms with Crippen LogP contribution in [0.5, 0.6) is 5.75 Å². The van der Waals surface area contributed by atoms with Gasteiger partial charge < -0.3 is 25.5 Å². The molecule has 0 aliphatic rings. The molecule has 0 saturated carbocycles. The average molecular weight is 555 g/mol. The van der Waals surface area contributed by atoms with Gasteiger partial charge in [-0.2, -0.15) is 0 Å². The lowest BCUT2D eigenvalue weighted by Gasteiger charge is -2.28. The van der Waals surface area contributed by atoms with Crippen molar-refractivity contribution >= 4 is 5.91 Å². The Bertz CT molecular complexity index is 1440. The highest BCUT2D eigenvalue weighted by atomic mass is 16.5. The van der Waals surface area contributed by atoms with Crippen LogP contribution in [0.1, 0.15) is 66.4 Å². The Hall–Kier alpha value is -3.94. The molecule has 4 N–H and O–H groups in total. The first-order valence-electron chi connectivity index (χ1n) is 14.2. The second kappa shape index (κ2) is 13.1. The van der Waals surface area contributed by atoms with Crippen LogP contribution in [0.25, 0.3) is 5.82 Å². The summed E-state index contributed by atoms with van der Waals surface area (Å²) in [7, 11) is 0. The zero-order valence-corrected chi connectivity index (χ0v) is 24.7. The number of nitrogens with one attached hydrogen (secondary N) is 1. The van der Waals surface area contributed by atoms with Crippen LogP contribution in [0.3, 0.4) is 0 Å². The van der Waals surface area contributed by atoms with Crippen molar-refractivity contribution in [3.05, 3.63) is 113 Å². The molecule has 2 heterocycles. The van der Waals surface area contributed by atoms with Crippen LogP contribution in [0.4, 0.5) is 0 Å². The first kappa shape index (κ1) is 30.0. The number of aromatic nitrogens is 2. The summed E-state index contributed by atoms with van der Waals surface area (Å²) in [4.78, 5) is 17.1. The van der Waals surface area contributed by atoms with E-state index in [9.17, 15) is 9.90 Å². The number of carbonyl (C=O) groups is 1. The number of benzene rings is 2. The number of nitrogens with two attached hydrogens (primary N) is 1. The molecule has 41 heavy (non-hydrogen) atoms. The number of hydrogen-bond donors (Lipinski definition) is 3. The van der Waals surface area contributed by atoms with Gasteiger partial charge in [0.15, 0.2) is 0 Å². The van der Waals surface area contributed by atoms with Gasteiger partial charge in [-0.25, -0.2) is 4.98 Å². The predicted molar refractivity (Wildman–Crippen MR) is 163 cm³/mol. The van der Waals surface area contributed by atoms with Gasteiger partial charge in [-0.3, -0.25) is 4.79 Å².